The summed E-state index contributed by atoms with van der Waals surface area (Å²) >= 11 is 13.0. The molecule has 13 heteroatoms. The van der Waals surface area contributed by atoms with Crippen molar-refractivity contribution in [2.45, 2.75) is 19.0 Å². The van der Waals surface area contributed by atoms with Gasteiger partial charge in [-0.15, -0.1) is 5.11 Å². The number of ether oxygens (including phenoxy) is 2. The molecule has 1 saturated heterocycles. The average molecular weight is 510 g/mol. The van der Waals surface area contributed by atoms with Crippen molar-refractivity contribution in [1.29, 1.82) is 5.53 Å². The van der Waals surface area contributed by atoms with Crippen LogP contribution in [0.1, 0.15) is 6.42 Å². The van der Waals surface area contributed by atoms with E-state index in [9.17, 15) is 0 Å². The fourth-order valence-corrected chi connectivity index (χ4v) is 4.20. The van der Waals surface area contributed by atoms with E-state index >= 15 is 0 Å². The van der Waals surface area contributed by atoms with E-state index in [1.165, 1.54) is 0 Å². The maximum Gasteiger partial charge on any atom is 0.237 e. The Kier molecular flexibility index (Phi) is 10.3. The summed E-state index contributed by atoms with van der Waals surface area (Å²) in [5, 5.41) is 16.4. The highest BCUT2D eigenvalue weighted by molar-refractivity contribution is 6.39. The van der Waals surface area contributed by atoms with Crippen molar-refractivity contribution in [2.24, 2.45) is 27.0 Å². The van der Waals surface area contributed by atoms with Crippen LogP contribution in [-0.2, 0) is 4.74 Å². The summed E-state index contributed by atoms with van der Waals surface area (Å²) in [6.45, 7) is 5.22. The van der Waals surface area contributed by atoms with Crippen LogP contribution in [0.3, 0.4) is 0 Å². The van der Waals surface area contributed by atoms with E-state index in [4.69, 9.17) is 49.8 Å². The summed E-state index contributed by atoms with van der Waals surface area (Å²) in [4.78, 5) is 2.38. The Balaban J connectivity index is 1.56. The SMILES string of the molecule is N=NC(N=NN)NC(N)Nc1cc(Cl)c(-c2ccc(OCCCN3CCOCC3)cc2)c(Cl)c1. The van der Waals surface area contributed by atoms with Crippen LogP contribution in [0.25, 0.3) is 11.1 Å². The van der Waals surface area contributed by atoms with E-state index in [1.54, 1.807) is 12.1 Å². The molecule has 2 unspecified atom stereocenters. The fourth-order valence-electron chi connectivity index (χ4n) is 3.49. The number of nitrogens with zero attached hydrogens (tertiary/aromatic N) is 4. The number of nitrogens with one attached hydrogen (secondary N) is 3. The van der Waals surface area contributed by atoms with Crippen molar-refractivity contribution in [3.8, 4) is 16.9 Å². The van der Waals surface area contributed by atoms with Gasteiger partial charge in [-0.3, -0.25) is 10.6 Å². The number of benzene rings is 2. The molecule has 0 saturated carbocycles. The van der Waals surface area contributed by atoms with Gasteiger partial charge in [0.05, 0.1) is 29.9 Å². The molecule has 11 nitrogen and oxygen atoms in total. The first-order chi connectivity index (χ1) is 16.5. The van der Waals surface area contributed by atoms with E-state index in [2.05, 4.69) is 31.0 Å². The van der Waals surface area contributed by atoms with Crippen LogP contribution in [0.4, 0.5) is 5.69 Å². The molecule has 2 aromatic rings. The first-order valence-corrected chi connectivity index (χ1v) is 11.5. The Labute approximate surface area is 208 Å². The van der Waals surface area contributed by atoms with Crippen molar-refractivity contribution in [3.63, 3.8) is 0 Å². The summed E-state index contributed by atoms with van der Waals surface area (Å²) in [5.74, 6) is 5.77. The van der Waals surface area contributed by atoms with Crippen LogP contribution in [0.2, 0.25) is 10.0 Å². The molecule has 3 rings (SSSR count). The molecule has 1 aliphatic heterocycles. The minimum absolute atomic E-state index is 0.449. The monoisotopic (exact) mass is 509 g/mol. The smallest absolute Gasteiger partial charge is 0.237 e. The summed E-state index contributed by atoms with van der Waals surface area (Å²) in [6.07, 6.45) is -0.851. The second kappa shape index (κ2) is 13.4. The van der Waals surface area contributed by atoms with E-state index < -0.39 is 12.6 Å². The summed E-state index contributed by atoms with van der Waals surface area (Å²) in [7, 11) is 0. The van der Waals surface area contributed by atoms with E-state index in [-0.39, 0.29) is 0 Å². The summed E-state index contributed by atoms with van der Waals surface area (Å²) < 4.78 is 11.2. The zero-order chi connectivity index (χ0) is 24.3. The lowest BCUT2D eigenvalue weighted by atomic mass is 10.0. The van der Waals surface area contributed by atoms with Gasteiger partial charge in [0.1, 0.15) is 12.0 Å². The Hall–Kier alpha value is -2.54. The maximum atomic E-state index is 7.05. The number of hydrogen-bond acceptors (Lipinski definition) is 10. The van der Waals surface area contributed by atoms with Gasteiger partial charge in [0.25, 0.3) is 0 Å². The number of rotatable bonds is 12. The second-order valence-electron chi connectivity index (χ2n) is 7.52. The molecule has 0 bridgehead atoms. The number of nitrogens with two attached hydrogens (primary N) is 2. The standard InChI is InChI=1S/C21H29Cl2N9O2/c22-17-12-15(27-20(24)28-21(29-25)30-31-26)13-18(23)19(17)14-2-4-16(5-3-14)34-9-1-6-32-7-10-33-11-8-32/h2-5,12-13,20-21,25,27-28H,1,6-11,24H2,(H2,26,30). The van der Waals surface area contributed by atoms with Gasteiger partial charge in [-0.25, -0.2) is 10.8 Å². The van der Waals surface area contributed by atoms with Gasteiger partial charge in [0.15, 0.2) is 0 Å². The molecule has 7 N–H and O–H groups in total. The molecule has 0 spiro atoms. The minimum Gasteiger partial charge on any atom is -0.494 e. The number of halogens is 2. The number of anilines is 1. The molecule has 2 atom stereocenters. The summed E-state index contributed by atoms with van der Waals surface area (Å²) in [6, 6.07) is 11.1. The molecule has 0 amide bonds. The molecule has 0 aromatic heterocycles. The Morgan fingerprint density at radius 3 is 2.44 bits per heavy atom. The molecule has 1 fully saturated rings. The van der Waals surface area contributed by atoms with Crippen molar-refractivity contribution in [1.82, 2.24) is 10.2 Å². The third kappa shape index (κ3) is 7.76. The zero-order valence-electron chi connectivity index (χ0n) is 18.6. The largest absolute Gasteiger partial charge is 0.494 e. The van der Waals surface area contributed by atoms with Gasteiger partial charge in [-0.1, -0.05) is 40.6 Å². The van der Waals surface area contributed by atoms with Crippen molar-refractivity contribution < 1.29 is 9.47 Å². The van der Waals surface area contributed by atoms with Gasteiger partial charge in [-0.05, 0) is 36.2 Å². The molecular weight excluding hydrogens is 481 g/mol. The van der Waals surface area contributed by atoms with Crippen LogP contribution in [0.15, 0.2) is 51.8 Å². The van der Waals surface area contributed by atoms with Gasteiger partial charge in [0, 0.05) is 30.9 Å². The highest BCUT2D eigenvalue weighted by Crippen LogP contribution is 2.38. The average Bonchev–Trinajstić information content (AvgIpc) is 2.82. The van der Waals surface area contributed by atoms with Crippen LogP contribution >= 0.6 is 23.2 Å². The molecular formula is C21H29Cl2N9O2. The lowest BCUT2D eigenvalue weighted by molar-refractivity contribution is 0.0358. The van der Waals surface area contributed by atoms with E-state index in [0.717, 1.165) is 50.6 Å². The normalized spacial score (nSPS) is 16.3. The molecule has 0 aliphatic carbocycles. The predicted molar refractivity (Wildman–Crippen MR) is 132 cm³/mol. The summed E-state index contributed by atoms with van der Waals surface area (Å²) in [5.41, 5.74) is 15.1. The van der Waals surface area contributed by atoms with Crippen LogP contribution in [0, 0.1) is 5.53 Å². The van der Waals surface area contributed by atoms with E-state index in [0.29, 0.717) is 27.9 Å². The Bertz CT molecular complexity index is 933. The molecule has 34 heavy (non-hydrogen) atoms. The van der Waals surface area contributed by atoms with Gasteiger partial charge < -0.3 is 20.6 Å². The molecule has 1 aliphatic rings. The van der Waals surface area contributed by atoms with Crippen LogP contribution in [-0.4, -0.2) is 56.9 Å². The number of morpholine rings is 1. The van der Waals surface area contributed by atoms with E-state index in [1.807, 2.05) is 24.3 Å². The maximum absolute atomic E-state index is 7.05. The van der Waals surface area contributed by atoms with Crippen molar-refractivity contribution in [3.05, 3.63) is 46.4 Å². The Morgan fingerprint density at radius 1 is 1.15 bits per heavy atom. The second-order valence-corrected chi connectivity index (χ2v) is 8.33. The molecule has 0 radical (unpaired) electrons. The third-order valence-corrected chi connectivity index (χ3v) is 5.72. The first kappa shape index (κ1) is 26.1. The van der Waals surface area contributed by atoms with Gasteiger partial charge in [0.2, 0.25) is 6.29 Å². The van der Waals surface area contributed by atoms with Gasteiger partial charge >= 0.3 is 0 Å². The predicted octanol–water partition coefficient (Wildman–Crippen LogP) is 3.65. The lowest BCUT2D eigenvalue weighted by Gasteiger charge is -2.26. The molecule has 1 heterocycles. The third-order valence-electron chi connectivity index (χ3n) is 5.13. The number of hydrogen-bond donors (Lipinski definition) is 5. The quantitative estimate of drug-likeness (QED) is 0.0958. The van der Waals surface area contributed by atoms with Crippen molar-refractivity contribution in [2.75, 3.05) is 44.8 Å². The van der Waals surface area contributed by atoms with Crippen LogP contribution in [0.5, 0.6) is 5.75 Å². The first-order valence-electron chi connectivity index (χ1n) is 10.8. The highest BCUT2D eigenvalue weighted by Gasteiger charge is 2.14. The van der Waals surface area contributed by atoms with Gasteiger partial charge in [-0.2, -0.15) is 5.11 Å². The molecule has 184 valence electrons. The topological polar surface area (TPSA) is 159 Å². The van der Waals surface area contributed by atoms with Crippen molar-refractivity contribution >= 4 is 28.9 Å². The van der Waals surface area contributed by atoms with Crippen LogP contribution < -0.4 is 26.9 Å². The zero-order valence-corrected chi connectivity index (χ0v) is 20.1. The molecule has 2 aromatic carbocycles. The highest BCUT2D eigenvalue weighted by atomic mass is 35.5. The lowest BCUT2D eigenvalue weighted by Crippen LogP contribution is -2.47. The Morgan fingerprint density at radius 2 is 1.82 bits per heavy atom. The minimum atomic E-state index is -1.00. The fraction of sp³-hybridized carbons (Fsp3) is 0.429.